The Balaban J connectivity index is 1.39. The van der Waals surface area contributed by atoms with E-state index in [2.05, 4.69) is 66.3 Å². The third-order valence-corrected chi connectivity index (χ3v) is 6.70. The molecule has 1 N–H and O–H groups in total. The quantitative estimate of drug-likeness (QED) is 0.438. The maximum atomic E-state index is 6.18. The van der Waals surface area contributed by atoms with Crippen molar-refractivity contribution in [2.75, 3.05) is 46.4 Å². The van der Waals surface area contributed by atoms with E-state index in [1.54, 1.807) is 0 Å². The largest absolute Gasteiger partial charge is 0.376 e. The molecule has 0 saturated carbocycles. The van der Waals surface area contributed by atoms with Crippen molar-refractivity contribution in [3.63, 3.8) is 0 Å². The van der Waals surface area contributed by atoms with Gasteiger partial charge in [0.05, 0.1) is 18.8 Å². The van der Waals surface area contributed by atoms with Crippen LogP contribution in [0, 0.1) is 0 Å². The summed E-state index contributed by atoms with van der Waals surface area (Å²) < 4.78 is 12.0. The van der Waals surface area contributed by atoms with Gasteiger partial charge in [0.2, 0.25) is 0 Å². The van der Waals surface area contributed by atoms with E-state index in [1.165, 1.54) is 18.4 Å². The molecule has 2 aliphatic heterocycles. The number of likely N-dealkylation sites (tertiary alicyclic amines) is 1. The summed E-state index contributed by atoms with van der Waals surface area (Å²) in [5.74, 6) is 1.06. The molecule has 2 atom stereocenters. The summed E-state index contributed by atoms with van der Waals surface area (Å²) in [6, 6.07) is 11.2. The molecule has 3 rings (SSSR count). The zero-order valence-electron chi connectivity index (χ0n) is 20.5. The van der Waals surface area contributed by atoms with Gasteiger partial charge >= 0.3 is 0 Å². The first kappa shape index (κ1) is 25.0. The molecule has 2 unspecified atom stereocenters. The molecule has 2 saturated heterocycles. The first-order chi connectivity index (χ1) is 15.7. The Hall–Kier alpha value is -1.63. The molecule has 2 aliphatic rings. The molecule has 1 aromatic carbocycles. The molecule has 0 aromatic heterocycles. The number of hydrogen-bond acceptors (Lipinski definition) is 4. The van der Waals surface area contributed by atoms with Crippen LogP contribution in [0.1, 0.15) is 57.9 Å². The van der Waals surface area contributed by atoms with Crippen LogP contribution >= 0.6 is 0 Å². The van der Waals surface area contributed by atoms with Crippen LogP contribution in [0.2, 0.25) is 0 Å². The van der Waals surface area contributed by atoms with E-state index < -0.39 is 0 Å². The SMILES string of the molecule is CCNC(=NCCC(C)N(C)Cc1ccccc1)N1CCC(OCC2CCCCO2)CC1. The first-order valence-corrected chi connectivity index (χ1v) is 12.7. The highest BCUT2D eigenvalue weighted by Crippen LogP contribution is 2.18. The Morgan fingerprint density at radius 1 is 1.22 bits per heavy atom. The predicted molar refractivity (Wildman–Crippen MR) is 132 cm³/mol. The maximum Gasteiger partial charge on any atom is 0.193 e. The smallest absolute Gasteiger partial charge is 0.193 e. The van der Waals surface area contributed by atoms with Crippen molar-refractivity contribution in [3.8, 4) is 0 Å². The minimum atomic E-state index is 0.308. The second-order valence-electron chi connectivity index (χ2n) is 9.28. The summed E-state index contributed by atoms with van der Waals surface area (Å²) in [5.41, 5.74) is 1.36. The standard InChI is InChI=1S/C26H44N4O2/c1-4-27-26(28-16-13-22(2)29(3)20-23-10-6-5-7-11-23)30-17-14-24(15-18-30)32-21-25-12-8-9-19-31-25/h5-7,10-11,22,24-25H,4,8-9,12-21H2,1-3H3,(H,27,28). The molecule has 0 radical (unpaired) electrons. The topological polar surface area (TPSA) is 49.3 Å². The van der Waals surface area contributed by atoms with Gasteiger partial charge in [-0.05, 0) is 65.0 Å². The van der Waals surface area contributed by atoms with Gasteiger partial charge < -0.3 is 19.7 Å². The highest BCUT2D eigenvalue weighted by molar-refractivity contribution is 5.80. The van der Waals surface area contributed by atoms with Crippen LogP contribution in [-0.2, 0) is 16.0 Å². The van der Waals surface area contributed by atoms with Gasteiger partial charge in [-0.25, -0.2) is 0 Å². The molecule has 6 nitrogen and oxygen atoms in total. The van der Waals surface area contributed by atoms with Crippen LogP contribution in [0.4, 0.5) is 0 Å². The van der Waals surface area contributed by atoms with Gasteiger partial charge in [-0.1, -0.05) is 30.3 Å². The van der Waals surface area contributed by atoms with Crippen molar-refractivity contribution in [2.45, 2.75) is 77.2 Å². The molecule has 32 heavy (non-hydrogen) atoms. The molecule has 0 amide bonds. The average molecular weight is 445 g/mol. The van der Waals surface area contributed by atoms with Gasteiger partial charge in [0, 0.05) is 45.4 Å². The fourth-order valence-corrected chi connectivity index (χ4v) is 4.45. The fourth-order valence-electron chi connectivity index (χ4n) is 4.45. The Morgan fingerprint density at radius 2 is 2.00 bits per heavy atom. The van der Waals surface area contributed by atoms with E-state index in [4.69, 9.17) is 14.5 Å². The Morgan fingerprint density at radius 3 is 2.69 bits per heavy atom. The van der Waals surface area contributed by atoms with Gasteiger partial charge in [0.25, 0.3) is 0 Å². The molecule has 2 heterocycles. The number of piperidine rings is 1. The number of rotatable bonds is 10. The summed E-state index contributed by atoms with van der Waals surface area (Å²) in [4.78, 5) is 9.77. The highest BCUT2D eigenvalue weighted by atomic mass is 16.5. The van der Waals surface area contributed by atoms with Crippen LogP contribution in [0.3, 0.4) is 0 Å². The summed E-state index contributed by atoms with van der Waals surface area (Å²) in [7, 11) is 2.20. The molecule has 0 bridgehead atoms. The third-order valence-electron chi connectivity index (χ3n) is 6.70. The first-order valence-electron chi connectivity index (χ1n) is 12.7. The third kappa shape index (κ3) is 8.38. The summed E-state index contributed by atoms with van der Waals surface area (Å²) >= 11 is 0. The van der Waals surface area contributed by atoms with Gasteiger partial charge in [0.1, 0.15) is 0 Å². The molecule has 180 valence electrons. The van der Waals surface area contributed by atoms with Crippen molar-refractivity contribution in [1.82, 2.24) is 15.1 Å². The molecular weight excluding hydrogens is 400 g/mol. The van der Waals surface area contributed by atoms with Crippen LogP contribution < -0.4 is 5.32 Å². The number of ether oxygens (including phenoxy) is 2. The van der Waals surface area contributed by atoms with Crippen LogP contribution in [-0.4, -0.2) is 80.4 Å². The van der Waals surface area contributed by atoms with Crippen molar-refractivity contribution in [2.24, 2.45) is 4.99 Å². The second-order valence-corrected chi connectivity index (χ2v) is 9.28. The predicted octanol–water partition coefficient (Wildman–Crippen LogP) is 3.91. The van der Waals surface area contributed by atoms with E-state index in [9.17, 15) is 0 Å². The van der Waals surface area contributed by atoms with Gasteiger partial charge in [-0.15, -0.1) is 0 Å². The zero-order chi connectivity index (χ0) is 22.6. The van der Waals surface area contributed by atoms with Gasteiger partial charge in [-0.3, -0.25) is 9.89 Å². The number of nitrogens with one attached hydrogen (secondary N) is 1. The van der Waals surface area contributed by atoms with Crippen LogP contribution in [0.25, 0.3) is 0 Å². The number of benzene rings is 1. The van der Waals surface area contributed by atoms with E-state index >= 15 is 0 Å². The van der Waals surface area contributed by atoms with E-state index in [1.807, 2.05) is 0 Å². The molecule has 0 aliphatic carbocycles. The molecule has 2 fully saturated rings. The summed E-state index contributed by atoms with van der Waals surface area (Å²) in [6.07, 6.45) is 7.46. The Kier molecular flexibility index (Phi) is 10.8. The maximum absolute atomic E-state index is 6.18. The Bertz CT molecular complexity index is 655. The Labute approximate surface area is 195 Å². The van der Waals surface area contributed by atoms with E-state index in [0.717, 1.165) is 77.6 Å². The van der Waals surface area contributed by atoms with Gasteiger partial charge in [-0.2, -0.15) is 0 Å². The minimum Gasteiger partial charge on any atom is -0.376 e. The zero-order valence-corrected chi connectivity index (χ0v) is 20.5. The molecule has 0 spiro atoms. The lowest BCUT2D eigenvalue weighted by molar-refractivity contribution is -0.0721. The molecule has 6 heteroatoms. The molecule has 1 aromatic rings. The lowest BCUT2D eigenvalue weighted by atomic mass is 10.1. The highest BCUT2D eigenvalue weighted by Gasteiger charge is 2.24. The monoisotopic (exact) mass is 444 g/mol. The molecular formula is C26H44N4O2. The lowest BCUT2D eigenvalue weighted by Gasteiger charge is -2.35. The number of hydrogen-bond donors (Lipinski definition) is 1. The van der Waals surface area contributed by atoms with Crippen LogP contribution in [0.15, 0.2) is 35.3 Å². The van der Waals surface area contributed by atoms with Crippen molar-refractivity contribution in [1.29, 1.82) is 0 Å². The van der Waals surface area contributed by atoms with E-state index in [0.29, 0.717) is 18.2 Å². The number of nitrogens with zero attached hydrogens (tertiary/aromatic N) is 3. The number of aliphatic imine (C=N–C) groups is 1. The summed E-state index contributed by atoms with van der Waals surface area (Å²) in [6.45, 7) is 10.8. The second kappa shape index (κ2) is 13.8. The van der Waals surface area contributed by atoms with Crippen molar-refractivity contribution < 1.29 is 9.47 Å². The minimum absolute atomic E-state index is 0.308. The van der Waals surface area contributed by atoms with Crippen molar-refractivity contribution in [3.05, 3.63) is 35.9 Å². The van der Waals surface area contributed by atoms with Crippen LogP contribution in [0.5, 0.6) is 0 Å². The van der Waals surface area contributed by atoms with Gasteiger partial charge in [0.15, 0.2) is 5.96 Å². The normalized spacial score (nSPS) is 21.7. The fraction of sp³-hybridized carbons (Fsp3) is 0.731. The van der Waals surface area contributed by atoms with E-state index in [-0.39, 0.29) is 0 Å². The summed E-state index contributed by atoms with van der Waals surface area (Å²) in [5, 5.41) is 3.50. The average Bonchev–Trinajstić information content (AvgIpc) is 2.84. The lowest BCUT2D eigenvalue weighted by Crippen LogP contribution is -2.47. The van der Waals surface area contributed by atoms with Crippen molar-refractivity contribution >= 4 is 5.96 Å². The number of guanidine groups is 1.